The molecule has 7 heteroatoms. The highest BCUT2D eigenvalue weighted by Crippen LogP contribution is 2.23. The van der Waals surface area contributed by atoms with Gasteiger partial charge >= 0.3 is 0 Å². The Kier molecular flexibility index (Phi) is 5.78. The Bertz CT molecular complexity index is 637. The van der Waals surface area contributed by atoms with Gasteiger partial charge in [-0.15, -0.1) is 0 Å². The van der Waals surface area contributed by atoms with Crippen LogP contribution in [0.3, 0.4) is 0 Å². The van der Waals surface area contributed by atoms with E-state index in [4.69, 9.17) is 4.84 Å². The van der Waals surface area contributed by atoms with E-state index in [0.29, 0.717) is 5.56 Å². The summed E-state index contributed by atoms with van der Waals surface area (Å²) in [6.07, 6.45) is 5.62. The summed E-state index contributed by atoms with van der Waals surface area (Å²) >= 11 is 0. The van der Waals surface area contributed by atoms with Gasteiger partial charge in [-0.2, -0.15) is 0 Å². The molecule has 1 fully saturated rings. The van der Waals surface area contributed by atoms with Crippen molar-refractivity contribution in [3.05, 3.63) is 29.8 Å². The monoisotopic (exact) mass is 340 g/mol. The van der Waals surface area contributed by atoms with Gasteiger partial charge in [-0.3, -0.25) is 9.63 Å². The molecule has 1 aliphatic rings. The topological polar surface area (TPSA) is 66.9 Å². The number of hydroxylamine groups is 1. The first kappa shape index (κ1) is 17.9. The first-order valence-electron chi connectivity index (χ1n) is 7.78. The molecule has 1 aromatic carbocycles. The van der Waals surface area contributed by atoms with E-state index in [1.54, 1.807) is 17.0 Å². The normalized spacial score (nSPS) is 16.5. The van der Waals surface area contributed by atoms with E-state index in [2.05, 4.69) is 0 Å². The highest BCUT2D eigenvalue weighted by Gasteiger charge is 2.24. The third kappa shape index (κ3) is 3.91. The molecule has 1 amide bonds. The molecule has 1 aromatic rings. The van der Waals surface area contributed by atoms with Crippen LogP contribution in [-0.4, -0.2) is 50.9 Å². The number of hydrogen-bond donors (Lipinski definition) is 0. The zero-order chi connectivity index (χ0) is 17.0. The Hall–Kier alpha value is -1.44. The van der Waals surface area contributed by atoms with E-state index < -0.39 is 10.0 Å². The predicted octanol–water partition coefficient (Wildman–Crippen LogP) is 2.27. The maximum Gasteiger partial charge on any atom is 0.264 e. The van der Waals surface area contributed by atoms with E-state index in [0.717, 1.165) is 30.2 Å². The molecule has 0 bridgehead atoms. The number of rotatable bonds is 5. The van der Waals surface area contributed by atoms with Gasteiger partial charge in [0.25, 0.3) is 15.9 Å². The summed E-state index contributed by atoms with van der Waals surface area (Å²) < 4.78 is 25.1. The summed E-state index contributed by atoms with van der Waals surface area (Å²) in [5.41, 5.74) is 0.497. The van der Waals surface area contributed by atoms with Gasteiger partial charge in [-0.05, 0) is 37.1 Å². The van der Waals surface area contributed by atoms with Gasteiger partial charge in [0, 0.05) is 25.7 Å². The summed E-state index contributed by atoms with van der Waals surface area (Å²) in [5, 5.41) is 0. The van der Waals surface area contributed by atoms with E-state index in [1.807, 2.05) is 7.05 Å². The quantitative estimate of drug-likeness (QED) is 0.771. The van der Waals surface area contributed by atoms with Crippen LogP contribution < -0.4 is 0 Å². The molecule has 0 saturated heterocycles. The van der Waals surface area contributed by atoms with Crippen LogP contribution in [0, 0.1) is 0 Å². The molecule has 0 atom stereocenters. The lowest BCUT2D eigenvalue weighted by molar-refractivity contribution is -0.0258. The second-order valence-electron chi connectivity index (χ2n) is 5.83. The number of carbonyl (C=O) groups is 1. The van der Waals surface area contributed by atoms with Crippen molar-refractivity contribution in [1.29, 1.82) is 0 Å². The SMILES string of the molecule is CON(C)S(=O)(=O)c1ccc(C(=O)N(C)C2CCCCC2)cc1. The summed E-state index contributed by atoms with van der Waals surface area (Å²) in [6, 6.07) is 6.26. The van der Waals surface area contributed by atoms with Gasteiger partial charge < -0.3 is 4.90 Å². The van der Waals surface area contributed by atoms with Crippen LogP contribution in [0.2, 0.25) is 0 Å². The minimum Gasteiger partial charge on any atom is -0.339 e. The molecule has 0 aliphatic heterocycles. The van der Waals surface area contributed by atoms with Crippen molar-refractivity contribution >= 4 is 15.9 Å². The van der Waals surface area contributed by atoms with Crippen molar-refractivity contribution in [2.24, 2.45) is 0 Å². The standard InChI is InChI=1S/C16H24N2O4S/c1-17(14-7-5-4-6-8-14)16(19)13-9-11-15(12-10-13)23(20,21)18(2)22-3/h9-12,14H,4-8H2,1-3H3. The molecule has 0 unspecified atom stereocenters. The first-order valence-corrected chi connectivity index (χ1v) is 9.22. The van der Waals surface area contributed by atoms with Crippen LogP contribution in [0.1, 0.15) is 42.5 Å². The van der Waals surface area contributed by atoms with Crippen LogP contribution in [0.15, 0.2) is 29.2 Å². The van der Waals surface area contributed by atoms with E-state index >= 15 is 0 Å². The Labute approximate surface area is 138 Å². The molecular formula is C16H24N2O4S. The average molecular weight is 340 g/mol. The highest BCUT2D eigenvalue weighted by atomic mass is 32.2. The molecule has 6 nitrogen and oxygen atoms in total. The lowest BCUT2D eigenvalue weighted by Gasteiger charge is -2.31. The van der Waals surface area contributed by atoms with Crippen LogP contribution >= 0.6 is 0 Å². The fraction of sp³-hybridized carbons (Fsp3) is 0.562. The first-order chi connectivity index (χ1) is 10.9. The summed E-state index contributed by atoms with van der Waals surface area (Å²) in [6.45, 7) is 0. The van der Waals surface area contributed by atoms with E-state index in [-0.39, 0.29) is 16.8 Å². The van der Waals surface area contributed by atoms with E-state index in [9.17, 15) is 13.2 Å². The average Bonchev–Trinajstić information content (AvgIpc) is 2.60. The second kappa shape index (κ2) is 7.42. The van der Waals surface area contributed by atoms with Crippen molar-refractivity contribution in [2.75, 3.05) is 21.2 Å². The number of amides is 1. The highest BCUT2D eigenvalue weighted by molar-refractivity contribution is 7.89. The molecule has 0 N–H and O–H groups in total. The van der Waals surface area contributed by atoms with Gasteiger partial charge in [0.2, 0.25) is 0 Å². The molecule has 128 valence electrons. The predicted molar refractivity (Wildman–Crippen MR) is 87.4 cm³/mol. The van der Waals surface area contributed by atoms with Crippen molar-refractivity contribution < 1.29 is 18.0 Å². The van der Waals surface area contributed by atoms with Gasteiger partial charge in [-0.25, -0.2) is 8.42 Å². The molecule has 23 heavy (non-hydrogen) atoms. The van der Waals surface area contributed by atoms with Crippen LogP contribution in [0.4, 0.5) is 0 Å². The number of hydrogen-bond acceptors (Lipinski definition) is 4. The minimum atomic E-state index is -3.69. The minimum absolute atomic E-state index is 0.0686. The van der Waals surface area contributed by atoms with Crippen molar-refractivity contribution in [1.82, 2.24) is 9.37 Å². The molecule has 0 heterocycles. The number of benzene rings is 1. The summed E-state index contributed by atoms with van der Waals surface area (Å²) in [4.78, 5) is 19.1. The fourth-order valence-corrected chi connectivity index (χ4v) is 3.83. The van der Waals surface area contributed by atoms with Gasteiger partial charge in [0.15, 0.2) is 0 Å². The molecule has 2 rings (SSSR count). The zero-order valence-electron chi connectivity index (χ0n) is 13.9. The van der Waals surface area contributed by atoms with E-state index in [1.165, 1.54) is 32.7 Å². The zero-order valence-corrected chi connectivity index (χ0v) is 14.7. The molecule has 0 radical (unpaired) electrons. The molecule has 1 aliphatic carbocycles. The molecule has 1 saturated carbocycles. The van der Waals surface area contributed by atoms with Crippen molar-refractivity contribution in [3.8, 4) is 0 Å². The molecule has 0 spiro atoms. The van der Waals surface area contributed by atoms with Crippen molar-refractivity contribution in [2.45, 2.75) is 43.0 Å². The molecular weight excluding hydrogens is 316 g/mol. The van der Waals surface area contributed by atoms with Crippen LogP contribution in [-0.2, 0) is 14.9 Å². The fourth-order valence-electron chi connectivity index (χ4n) is 2.85. The number of carbonyl (C=O) groups excluding carboxylic acids is 1. The Balaban J connectivity index is 2.14. The maximum absolute atomic E-state index is 12.5. The van der Waals surface area contributed by atoms with Gasteiger partial charge in [-0.1, -0.05) is 23.7 Å². The number of nitrogens with zero attached hydrogens (tertiary/aromatic N) is 2. The Morgan fingerprint density at radius 2 is 1.65 bits per heavy atom. The Morgan fingerprint density at radius 3 is 2.17 bits per heavy atom. The third-order valence-electron chi connectivity index (χ3n) is 4.44. The van der Waals surface area contributed by atoms with Crippen LogP contribution in [0.25, 0.3) is 0 Å². The third-order valence-corrected chi connectivity index (χ3v) is 6.13. The largest absolute Gasteiger partial charge is 0.339 e. The lowest BCUT2D eigenvalue weighted by atomic mass is 9.94. The number of sulfonamides is 1. The van der Waals surface area contributed by atoms with Crippen LogP contribution in [0.5, 0.6) is 0 Å². The second-order valence-corrected chi connectivity index (χ2v) is 7.77. The van der Waals surface area contributed by atoms with Crippen molar-refractivity contribution in [3.63, 3.8) is 0 Å². The lowest BCUT2D eigenvalue weighted by Crippen LogP contribution is -2.38. The maximum atomic E-state index is 12.5. The summed E-state index contributed by atoms with van der Waals surface area (Å²) in [7, 11) is 0.746. The van der Waals surface area contributed by atoms with Gasteiger partial charge in [0.05, 0.1) is 12.0 Å². The Morgan fingerprint density at radius 1 is 1.09 bits per heavy atom. The van der Waals surface area contributed by atoms with Gasteiger partial charge in [0.1, 0.15) is 0 Å². The molecule has 0 aromatic heterocycles. The smallest absolute Gasteiger partial charge is 0.264 e. The summed E-state index contributed by atoms with van der Waals surface area (Å²) in [5.74, 6) is -0.0686.